The number of benzene rings is 1. The van der Waals surface area contributed by atoms with Crippen LogP contribution in [0.5, 0.6) is 11.5 Å². The lowest BCUT2D eigenvalue weighted by molar-refractivity contribution is -0.131. The van der Waals surface area contributed by atoms with E-state index >= 15 is 0 Å². The molecule has 14 heteroatoms. The number of halogens is 1. The zero-order valence-corrected chi connectivity index (χ0v) is 25.0. The number of rotatable bonds is 7. The van der Waals surface area contributed by atoms with Crippen LogP contribution in [0.1, 0.15) is 40.0 Å². The lowest BCUT2D eigenvalue weighted by Gasteiger charge is -2.32. The number of likely N-dealkylation sites (tertiary alicyclic amines) is 1. The Bertz CT molecular complexity index is 1420. The van der Waals surface area contributed by atoms with Crippen molar-refractivity contribution < 1.29 is 23.8 Å². The van der Waals surface area contributed by atoms with Crippen LogP contribution < -0.4 is 20.5 Å². The highest BCUT2D eigenvalue weighted by atomic mass is 79.9. The Labute approximate surface area is 244 Å². The van der Waals surface area contributed by atoms with E-state index in [9.17, 15) is 9.59 Å². The number of nitrogen functional groups attached to an aromatic ring is 1. The van der Waals surface area contributed by atoms with Crippen LogP contribution in [0.15, 0.2) is 33.0 Å². The van der Waals surface area contributed by atoms with E-state index in [1.54, 1.807) is 25.7 Å². The Morgan fingerprint density at radius 1 is 1.20 bits per heavy atom. The Morgan fingerprint density at radius 2 is 1.93 bits per heavy atom. The van der Waals surface area contributed by atoms with Crippen LogP contribution in [0.2, 0.25) is 0 Å². The molecule has 2 aliphatic rings. The van der Waals surface area contributed by atoms with Crippen molar-refractivity contribution in [1.82, 2.24) is 29.7 Å². The summed E-state index contributed by atoms with van der Waals surface area (Å²) in [4.78, 5) is 40.6. The predicted molar refractivity (Wildman–Crippen MR) is 152 cm³/mol. The number of alkyl carbamates (subject to hydrolysis) is 1. The number of anilines is 1. The van der Waals surface area contributed by atoms with Crippen molar-refractivity contribution in [2.45, 2.75) is 62.2 Å². The molecule has 3 N–H and O–H groups in total. The van der Waals surface area contributed by atoms with Crippen LogP contribution >= 0.6 is 27.7 Å². The number of fused-ring (bicyclic) bond motifs is 2. The van der Waals surface area contributed by atoms with Gasteiger partial charge in [-0.25, -0.2) is 19.7 Å². The summed E-state index contributed by atoms with van der Waals surface area (Å²) in [6, 6.07) is 3.82. The van der Waals surface area contributed by atoms with E-state index in [1.165, 1.54) is 18.1 Å². The SMILES string of the molecule is CC(C)(C)OC(=O)NCC(=O)N1CCC(CCn2c(Sc3cc4c(cc3Br)OCO4)nc3c(N)ncnc32)CC1. The second-order valence-corrected chi connectivity index (χ2v) is 12.5. The highest BCUT2D eigenvalue weighted by Crippen LogP contribution is 2.43. The van der Waals surface area contributed by atoms with E-state index in [-0.39, 0.29) is 19.2 Å². The van der Waals surface area contributed by atoms with Crippen LogP contribution in [-0.4, -0.2) is 68.4 Å². The number of aromatic nitrogens is 4. The minimum Gasteiger partial charge on any atom is -0.454 e. The van der Waals surface area contributed by atoms with Crippen LogP contribution in [-0.2, 0) is 16.1 Å². The third-order valence-electron chi connectivity index (χ3n) is 6.66. The maximum Gasteiger partial charge on any atom is 0.408 e. The van der Waals surface area contributed by atoms with E-state index in [1.807, 2.05) is 12.1 Å². The highest BCUT2D eigenvalue weighted by Gasteiger charge is 2.26. The van der Waals surface area contributed by atoms with Gasteiger partial charge < -0.3 is 34.7 Å². The topological polar surface area (TPSA) is 147 Å². The first-order valence-electron chi connectivity index (χ1n) is 13.1. The fraction of sp³-hybridized carbons (Fsp3) is 0.500. The molecule has 0 aliphatic carbocycles. The first-order valence-corrected chi connectivity index (χ1v) is 14.7. The van der Waals surface area contributed by atoms with Gasteiger partial charge in [0.25, 0.3) is 0 Å². The van der Waals surface area contributed by atoms with Crippen molar-refractivity contribution in [2.75, 3.05) is 32.2 Å². The number of piperidine rings is 1. The number of hydrogen-bond acceptors (Lipinski definition) is 10. The summed E-state index contributed by atoms with van der Waals surface area (Å²) in [5.74, 6) is 2.04. The molecule has 1 fully saturated rings. The van der Waals surface area contributed by atoms with Gasteiger partial charge in [0, 0.05) is 29.0 Å². The Balaban J connectivity index is 1.21. The number of carbonyl (C=O) groups excluding carboxylic acids is 2. The molecule has 0 radical (unpaired) electrons. The van der Waals surface area contributed by atoms with E-state index in [2.05, 4.69) is 35.8 Å². The molecule has 4 heterocycles. The molecule has 214 valence electrons. The summed E-state index contributed by atoms with van der Waals surface area (Å²) in [6.45, 7) is 7.46. The van der Waals surface area contributed by atoms with Gasteiger partial charge in [-0.2, -0.15) is 0 Å². The fourth-order valence-corrected chi connectivity index (χ4v) is 6.15. The third kappa shape index (κ3) is 6.54. The molecule has 0 saturated carbocycles. The Morgan fingerprint density at radius 3 is 2.65 bits per heavy atom. The average molecular weight is 635 g/mol. The number of nitrogens with zero attached hydrogens (tertiary/aromatic N) is 5. The minimum atomic E-state index is -0.608. The second kappa shape index (κ2) is 11.7. The van der Waals surface area contributed by atoms with Gasteiger partial charge in [-0.05, 0) is 74.0 Å². The van der Waals surface area contributed by atoms with E-state index in [4.69, 9.17) is 24.9 Å². The molecule has 2 aliphatic heterocycles. The number of hydrogen-bond donors (Lipinski definition) is 2. The van der Waals surface area contributed by atoms with Crippen molar-refractivity contribution in [1.29, 1.82) is 0 Å². The van der Waals surface area contributed by atoms with Gasteiger partial charge in [-0.1, -0.05) is 11.8 Å². The van der Waals surface area contributed by atoms with Crippen LogP contribution in [0.25, 0.3) is 11.2 Å². The molecule has 1 saturated heterocycles. The molecule has 5 rings (SSSR count). The van der Waals surface area contributed by atoms with Crippen molar-refractivity contribution in [3.05, 3.63) is 22.9 Å². The van der Waals surface area contributed by atoms with Gasteiger partial charge >= 0.3 is 6.09 Å². The maximum atomic E-state index is 12.6. The molecule has 0 unspecified atom stereocenters. The summed E-state index contributed by atoms with van der Waals surface area (Å²) in [5.41, 5.74) is 6.79. The van der Waals surface area contributed by atoms with E-state index in [0.717, 1.165) is 33.8 Å². The number of amides is 2. The third-order valence-corrected chi connectivity index (χ3v) is 8.64. The summed E-state index contributed by atoms with van der Waals surface area (Å²) in [7, 11) is 0. The summed E-state index contributed by atoms with van der Waals surface area (Å²) < 4.78 is 19.2. The number of nitrogens with one attached hydrogen (secondary N) is 1. The number of nitrogens with two attached hydrogens (primary N) is 1. The predicted octanol–water partition coefficient (Wildman–Crippen LogP) is 4.20. The van der Waals surface area contributed by atoms with Crippen molar-refractivity contribution in [2.24, 2.45) is 5.92 Å². The molecule has 1 aromatic carbocycles. The average Bonchev–Trinajstić information content (AvgIpc) is 3.50. The molecule has 2 amide bonds. The van der Waals surface area contributed by atoms with Crippen LogP contribution in [0, 0.1) is 5.92 Å². The van der Waals surface area contributed by atoms with Gasteiger partial charge in [0.2, 0.25) is 12.7 Å². The van der Waals surface area contributed by atoms with Gasteiger partial charge in [0.05, 0.1) is 0 Å². The minimum absolute atomic E-state index is 0.0717. The van der Waals surface area contributed by atoms with Crippen molar-refractivity contribution in [3.63, 3.8) is 0 Å². The molecule has 0 spiro atoms. The maximum absolute atomic E-state index is 12.6. The van der Waals surface area contributed by atoms with Gasteiger partial charge in [0.1, 0.15) is 18.5 Å². The zero-order chi connectivity index (χ0) is 28.4. The first kappa shape index (κ1) is 28.3. The molecule has 40 heavy (non-hydrogen) atoms. The smallest absolute Gasteiger partial charge is 0.408 e. The lowest BCUT2D eigenvalue weighted by atomic mass is 9.93. The molecule has 12 nitrogen and oxygen atoms in total. The second-order valence-electron chi connectivity index (χ2n) is 10.7. The number of imidazole rings is 1. The van der Waals surface area contributed by atoms with Crippen molar-refractivity contribution >= 4 is 56.7 Å². The molecular weight excluding hydrogens is 602 g/mol. The largest absolute Gasteiger partial charge is 0.454 e. The number of carbonyl (C=O) groups is 2. The first-order chi connectivity index (χ1) is 19.1. The molecule has 0 bridgehead atoms. The number of aryl methyl sites for hydroxylation is 1. The molecule has 3 aromatic rings. The monoisotopic (exact) mass is 633 g/mol. The molecular formula is C26H32BrN7O5S. The standard InChI is InChI=1S/C26H32BrN7O5S/c1-26(2,3)39-25(36)29-12-20(35)33-7-4-15(5-8-33)6-9-34-23-21(22(28)30-13-31-23)32-24(34)40-19-11-18-17(10-16(19)27)37-14-38-18/h10-11,13,15H,4-9,12,14H2,1-3H3,(H,29,36)(H2,28,30,31). The van der Waals surface area contributed by atoms with Gasteiger partial charge in [-0.3, -0.25) is 4.79 Å². The quantitative estimate of drug-likeness (QED) is 0.388. The Kier molecular flexibility index (Phi) is 8.26. The van der Waals surface area contributed by atoms with Gasteiger partial charge in [0.15, 0.2) is 33.6 Å². The molecule has 2 aromatic heterocycles. The summed E-state index contributed by atoms with van der Waals surface area (Å²) in [5, 5.41) is 3.30. The summed E-state index contributed by atoms with van der Waals surface area (Å²) in [6.07, 6.45) is 3.50. The molecule has 0 atom stereocenters. The lowest BCUT2D eigenvalue weighted by Crippen LogP contribution is -2.45. The van der Waals surface area contributed by atoms with E-state index in [0.29, 0.717) is 54.0 Å². The van der Waals surface area contributed by atoms with Crippen LogP contribution in [0.4, 0.5) is 10.6 Å². The highest BCUT2D eigenvalue weighted by molar-refractivity contribution is 9.10. The van der Waals surface area contributed by atoms with Gasteiger partial charge in [-0.15, -0.1) is 0 Å². The zero-order valence-electron chi connectivity index (χ0n) is 22.6. The number of ether oxygens (including phenoxy) is 3. The fourth-order valence-electron chi connectivity index (χ4n) is 4.65. The van der Waals surface area contributed by atoms with Crippen molar-refractivity contribution in [3.8, 4) is 11.5 Å². The Hall–Kier alpha value is -3.26. The summed E-state index contributed by atoms with van der Waals surface area (Å²) >= 11 is 5.12. The normalized spacial score (nSPS) is 15.4. The van der Waals surface area contributed by atoms with E-state index < -0.39 is 11.7 Å². The van der Waals surface area contributed by atoms with Crippen LogP contribution in [0.3, 0.4) is 0 Å².